The van der Waals surface area contributed by atoms with Crippen LogP contribution in [0.25, 0.3) is 21.4 Å². The van der Waals surface area contributed by atoms with E-state index in [4.69, 9.17) is 11.6 Å². The summed E-state index contributed by atoms with van der Waals surface area (Å²) < 4.78 is 1.13. The van der Waals surface area contributed by atoms with Crippen LogP contribution in [0.3, 0.4) is 0 Å². The number of hydrogen-bond acceptors (Lipinski definition) is 6. The average Bonchev–Trinajstić information content (AvgIpc) is 3.27. The Kier molecular flexibility index (Phi) is 5.03. The number of imidazole rings is 1. The van der Waals surface area contributed by atoms with E-state index in [1.807, 2.05) is 31.2 Å². The largest absolute Gasteiger partial charge is 0.336 e. The van der Waals surface area contributed by atoms with Gasteiger partial charge in [-0.2, -0.15) is 0 Å². The van der Waals surface area contributed by atoms with Crippen molar-refractivity contribution in [3.8, 4) is 0 Å². The number of rotatable bonds is 5. The van der Waals surface area contributed by atoms with Gasteiger partial charge >= 0.3 is 0 Å². The number of nitrogens with one attached hydrogen (secondary N) is 1. The van der Waals surface area contributed by atoms with E-state index in [1.165, 1.54) is 11.8 Å². The van der Waals surface area contributed by atoms with Gasteiger partial charge in [-0.25, -0.2) is 15.0 Å². The van der Waals surface area contributed by atoms with Crippen LogP contribution >= 0.6 is 34.7 Å². The van der Waals surface area contributed by atoms with E-state index in [0.29, 0.717) is 15.8 Å². The third-order valence-electron chi connectivity index (χ3n) is 4.26. The number of amides is 1. The molecular formula is C18H16ClN5OS2. The molecule has 0 fully saturated rings. The standard InChI is InChI=1S/C18H16ClN5OS2/c1-10(17-21-12-5-3-4-6-14(12)27-17)24(2)15(25)9-26-18-22-13-7-11(19)8-20-16(13)23-18/h3-8,10H,9H2,1-2H3,(H,20,22,23)/t10-/m0/s1. The molecule has 4 rings (SSSR count). The first kappa shape index (κ1) is 18.2. The fourth-order valence-electron chi connectivity index (χ4n) is 2.60. The summed E-state index contributed by atoms with van der Waals surface area (Å²) in [4.78, 5) is 30.7. The van der Waals surface area contributed by atoms with Gasteiger partial charge in [0.2, 0.25) is 5.91 Å². The summed E-state index contributed by atoms with van der Waals surface area (Å²) in [6.45, 7) is 1.99. The fraction of sp³-hybridized carbons (Fsp3) is 0.222. The third-order valence-corrected chi connectivity index (χ3v) is 6.53. The van der Waals surface area contributed by atoms with Crippen LogP contribution in [-0.2, 0) is 4.79 Å². The normalized spacial score (nSPS) is 12.6. The van der Waals surface area contributed by atoms with Gasteiger partial charge in [0.1, 0.15) is 5.01 Å². The van der Waals surface area contributed by atoms with E-state index >= 15 is 0 Å². The van der Waals surface area contributed by atoms with Gasteiger partial charge in [-0.1, -0.05) is 35.5 Å². The van der Waals surface area contributed by atoms with Gasteiger partial charge in [0.25, 0.3) is 0 Å². The van der Waals surface area contributed by atoms with Crippen LogP contribution < -0.4 is 0 Å². The summed E-state index contributed by atoms with van der Waals surface area (Å²) in [5, 5.41) is 2.12. The van der Waals surface area contributed by atoms with Gasteiger partial charge in [0.15, 0.2) is 10.8 Å². The van der Waals surface area contributed by atoms with Crippen LogP contribution in [0.2, 0.25) is 5.02 Å². The molecule has 0 aliphatic heterocycles. The number of benzene rings is 1. The van der Waals surface area contributed by atoms with Crippen molar-refractivity contribution in [2.24, 2.45) is 0 Å². The second-order valence-corrected chi connectivity index (χ2v) is 8.52. The molecule has 3 heterocycles. The van der Waals surface area contributed by atoms with Gasteiger partial charge in [-0.3, -0.25) is 4.79 Å². The Balaban J connectivity index is 1.43. The molecule has 0 spiro atoms. The monoisotopic (exact) mass is 417 g/mol. The highest BCUT2D eigenvalue weighted by atomic mass is 35.5. The summed E-state index contributed by atoms with van der Waals surface area (Å²) in [6.07, 6.45) is 1.55. The number of nitrogens with zero attached hydrogens (tertiary/aromatic N) is 4. The van der Waals surface area contributed by atoms with Gasteiger partial charge in [-0.15, -0.1) is 11.3 Å². The van der Waals surface area contributed by atoms with E-state index < -0.39 is 0 Å². The van der Waals surface area contributed by atoms with Crippen LogP contribution in [0.1, 0.15) is 18.0 Å². The maximum absolute atomic E-state index is 12.6. The molecule has 6 nitrogen and oxygen atoms in total. The fourth-order valence-corrected chi connectivity index (χ4v) is 4.62. The smallest absolute Gasteiger partial charge is 0.233 e. The van der Waals surface area contributed by atoms with Crippen molar-refractivity contribution in [2.75, 3.05) is 12.8 Å². The minimum absolute atomic E-state index is 0.0122. The number of hydrogen-bond donors (Lipinski definition) is 1. The van der Waals surface area contributed by atoms with Crippen LogP contribution in [-0.4, -0.2) is 43.5 Å². The van der Waals surface area contributed by atoms with Crippen LogP contribution in [0.15, 0.2) is 41.7 Å². The Bertz CT molecular complexity index is 1090. The van der Waals surface area contributed by atoms with E-state index in [-0.39, 0.29) is 17.7 Å². The number of thioether (sulfide) groups is 1. The zero-order valence-electron chi connectivity index (χ0n) is 14.6. The lowest BCUT2D eigenvalue weighted by Crippen LogP contribution is -2.31. The van der Waals surface area contributed by atoms with Crippen LogP contribution in [0.5, 0.6) is 0 Å². The van der Waals surface area contributed by atoms with Gasteiger partial charge in [0.05, 0.1) is 32.6 Å². The van der Waals surface area contributed by atoms with Crippen LogP contribution in [0, 0.1) is 0 Å². The van der Waals surface area contributed by atoms with E-state index in [0.717, 1.165) is 20.7 Å². The number of carbonyl (C=O) groups is 1. The number of fused-ring (bicyclic) bond motifs is 2. The second kappa shape index (κ2) is 7.46. The summed E-state index contributed by atoms with van der Waals surface area (Å²) in [7, 11) is 1.81. The molecule has 0 saturated carbocycles. The number of aromatic amines is 1. The number of halogens is 1. The molecule has 0 radical (unpaired) electrons. The Labute approximate surface area is 169 Å². The third kappa shape index (κ3) is 3.78. The molecule has 3 aromatic heterocycles. The SMILES string of the molecule is C[C@@H](c1nc2ccccc2s1)N(C)C(=O)CSc1nc2ncc(Cl)cc2[nH]1. The summed E-state index contributed by atoms with van der Waals surface area (Å²) in [5.41, 5.74) is 2.31. The molecule has 1 atom stereocenters. The Morgan fingerprint density at radius 2 is 2.19 bits per heavy atom. The molecule has 1 N–H and O–H groups in total. The molecule has 138 valence electrons. The minimum atomic E-state index is -0.0911. The number of thiazole rings is 1. The highest BCUT2D eigenvalue weighted by Crippen LogP contribution is 2.29. The number of aromatic nitrogens is 4. The average molecular weight is 418 g/mol. The first-order valence-electron chi connectivity index (χ1n) is 8.26. The highest BCUT2D eigenvalue weighted by Gasteiger charge is 2.21. The van der Waals surface area contributed by atoms with Gasteiger partial charge < -0.3 is 9.88 Å². The predicted molar refractivity (Wildman–Crippen MR) is 110 cm³/mol. The molecule has 0 bridgehead atoms. The van der Waals surface area contributed by atoms with Crippen molar-refractivity contribution < 1.29 is 4.79 Å². The van der Waals surface area contributed by atoms with E-state index in [1.54, 1.807) is 35.5 Å². The molecule has 1 amide bonds. The topological polar surface area (TPSA) is 74.8 Å². The van der Waals surface area contributed by atoms with Crippen molar-refractivity contribution in [3.05, 3.63) is 46.6 Å². The molecule has 1 aromatic carbocycles. The number of pyridine rings is 1. The van der Waals surface area contributed by atoms with E-state index in [2.05, 4.69) is 19.9 Å². The van der Waals surface area contributed by atoms with Crippen molar-refractivity contribution >= 4 is 62.0 Å². The lowest BCUT2D eigenvalue weighted by Gasteiger charge is -2.22. The maximum Gasteiger partial charge on any atom is 0.233 e. The maximum atomic E-state index is 12.6. The molecule has 27 heavy (non-hydrogen) atoms. The van der Waals surface area contributed by atoms with Crippen LogP contribution in [0.4, 0.5) is 0 Å². The molecule has 0 aliphatic carbocycles. The minimum Gasteiger partial charge on any atom is -0.336 e. The zero-order valence-corrected chi connectivity index (χ0v) is 17.0. The lowest BCUT2D eigenvalue weighted by molar-refractivity contribution is -0.128. The number of carbonyl (C=O) groups excluding carboxylic acids is 1. The predicted octanol–water partition coefficient (Wildman–Crippen LogP) is 4.53. The number of para-hydroxylation sites is 1. The molecule has 4 aromatic rings. The first-order chi connectivity index (χ1) is 13.0. The van der Waals surface area contributed by atoms with Crippen molar-refractivity contribution in [3.63, 3.8) is 0 Å². The van der Waals surface area contributed by atoms with Crippen molar-refractivity contribution in [2.45, 2.75) is 18.1 Å². The second-order valence-electron chi connectivity index (χ2n) is 6.06. The summed E-state index contributed by atoms with van der Waals surface area (Å²) >= 11 is 8.90. The van der Waals surface area contributed by atoms with E-state index in [9.17, 15) is 4.79 Å². The molecular weight excluding hydrogens is 402 g/mol. The lowest BCUT2D eigenvalue weighted by atomic mass is 10.3. The molecule has 0 aliphatic rings. The Morgan fingerprint density at radius 3 is 3.00 bits per heavy atom. The van der Waals surface area contributed by atoms with Gasteiger partial charge in [-0.05, 0) is 25.1 Å². The Hall–Kier alpha value is -2.16. The summed E-state index contributed by atoms with van der Waals surface area (Å²) in [5.74, 6) is 0.289. The molecule has 9 heteroatoms. The van der Waals surface area contributed by atoms with Crippen molar-refractivity contribution in [1.29, 1.82) is 0 Å². The first-order valence-corrected chi connectivity index (χ1v) is 10.4. The zero-order chi connectivity index (χ0) is 19.0. The Morgan fingerprint density at radius 1 is 1.37 bits per heavy atom. The molecule has 0 unspecified atom stereocenters. The van der Waals surface area contributed by atoms with Crippen molar-refractivity contribution in [1.82, 2.24) is 24.8 Å². The number of H-pyrrole nitrogens is 1. The molecule has 0 saturated heterocycles. The quantitative estimate of drug-likeness (QED) is 0.483. The summed E-state index contributed by atoms with van der Waals surface area (Å²) in [6, 6.07) is 9.67. The highest BCUT2D eigenvalue weighted by molar-refractivity contribution is 7.99. The van der Waals surface area contributed by atoms with Gasteiger partial charge in [0, 0.05) is 13.2 Å².